The van der Waals surface area contributed by atoms with Crippen molar-refractivity contribution in [1.29, 1.82) is 5.26 Å². The molecule has 1 atom stereocenters. The molecule has 7 heteroatoms. The van der Waals surface area contributed by atoms with Crippen molar-refractivity contribution in [2.24, 2.45) is 0 Å². The van der Waals surface area contributed by atoms with Gasteiger partial charge in [0, 0.05) is 30.0 Å². The molecule has 0 amide bonds. The first-order valence-electron chi connectivity index (χ1n) is 9.07. The Balaban J connectivity index is 1.69. The Morgan fingerprint density at radius 2 is 1.93 bits per heavy atom. The number of benzene rings is 2. The summed E-state index contributed by atoms with van der Waals surface area (Å²) in [6, 6.07) is 13.5. The van der Waals surface area contributed by atoms with Crippen LogP contribution in [-0.2, 0) is 6.18 Å². The highest BCUT2D eigenvalue weighted by Gasteiger charge is 2.35. The number of alkyl halides is 4. The van der Waals surface area contributed by atoms with Gasteiger partial charge in [-0.3, -0.25) is 0 Å². The van der Waals surface area contributed by atoms with Gasteiger partial charge in [-0.2, -0.15) is 18.4 Å². The molecule has 2 aromatic carbocycles. The van der Waals surface area contributed by atoms with Gasteiger partial charge in [-0.15, -0.1) is 0 Å². The molecule has 0 radical (unpaired) electrons. The van der Waals surface area contributed by atoms with Crippen molar-refractivity contribution >= 4 is 21.6 Å². The Hall–Kier alpha value is -2.20. The summed E-state index contributed by atoms with van der Waals surface area (Å²) in [6.07, 6.45) is -2.74. The molecule has 28 heavy (non-hydrogen) atoms. The van der Waals surface area contributed by atoms with E-state index in [1.54, 1.807) is 12.1 Å². The fraction of sp³-hybridized carbons (Fsp3) is 0.381. The number of ether oxygens (including phenoxy) is 1. The minimum atomic E-state index is -4.54. The molecule has 0 unspecified atom stereocenters. The Kier molecular flexibility index (Phi) is 6.50. The largest absolute Gasteiger partial charge is 0.494 e. The first kappa shape index (κ1) is 20.5. The third-order valence-electron chi connectivity index (χ3n) is 4.88. The SMILES string of the molecule is N#Cc1ccc(N2CC[C@@H](c3ccc(OCCCBr)cc3)C2)cc1C(F)(F)F. The summed E-state index contributed by atoms with van der Waals surface area (Å²) in [4.78, 5) is 1.95. The number of hydrogen-bond donors (Lipinski definition) is 0. The lowest BCUT2D eigenvalue weighted by Gasteiger charge is -2.21. The van der Waals surface area contributed by atoms with E-state index >= 15 is 0 Å². The van der Waals surface area contributed by atoms with Crippen molar-refractivity contribution in [3.63, 3.8) is 0 Å². The lowest BCUT2D eigenvalue weighted by atomic mass is 9.98. The van der Waals surface area contributed by atoms with Crippen LogP contribution in [0.25, 0.3) is 0 Å². The van der Waals surface area contributed by atoms with E-state index in [2.05, 4.69) is 15.9 Å². The molecular formula is C21H20BrF3N2O. The summed E-state index contributed by atoms with van der Waals surface area (Å²) in [6.45, 7) is 1.98. The molecule has 0 saturated carbocycles. The van der Waals surface area contributed by atoms with E-state index in [4.69, 9.17) is 10.00 Å². The smallest absolute Gasteiger partial charge is 0.417 e. The van der Waals surface area contributed by atoms with Crippen molar-refractivity contribution in [3.05, 3.63) is 59.2 Å². The molecule has 3 nitrogen and oxygen atoms in total. The molecule has 0 spiro atoms. The predicted molar refractivity (Wildman–Crippen MR) is 106 cm³/mol. The van der Waals surface area contributed by atoms with Crippen LogP contribution in [0.2, 0.25) is 0 Å². The van der Waals surface area contributed by atoms with Gasteiger partial charge in [-0.25, -0.2) is 0 Å². The molecule has 0 aromatic heterocycles. The Morgan fingerprint density at radius 1 is 1.18 bits per heavy atom. The summed E-state index contributed by atoms with van der Waals surface area (Å²) < 4.78 is 45.3. The lowest BCUT2D eigenvalue weighted by Crippen LogP contribution is -2.20. The van der Waals surface area contributed by atoms with E-state index in [9.17, 15) is 13.2 Å². The van der Waals surface area contributed by atoms with Gasteiger partial charge in [0.2, 0.25) is 0 Å². The standard InChI is InChI=1S/C21H20BrF3N2O/c22-9-1-11-28-19-6-3-15(4-7-19)17-8-10-27(14-17)18-5-2-16(13-26)20(12-18)21(23,24)25/h2-7,12,17H,1,8-11,14H2/t17-/m1/s1. The molecule has 0 bridgehead atoms. The first-order chi connectivity index (χ1) is 13.4. The van der Waals surface area contributed by atoms with Crippen LogP contribution < -0.4 is 9.64 Å². The zero-order valence-corrected chi connectivity index (χ0v) is 16.8. The monoisotopic (exact) mass is 452 g/mol. The van der Waals surface area contributed by atoms with Gasteiger partial charge < -0.3 is 9.64 Å². The number of halogens is 4. The van der Waals surface area contributed by atoms with E-state index in [1.165, 1.54) is 6.07 Å². The second-order valence-corrected chi connectivity index (χ2v) is 7.52. The van der Waals surface area contributed by atoms with Crippen molar-refractivity contribution in [2.75, 3.05) is 29.9 Å². The quantitative estimate of drug-likeness (QED) is 0.414. The third kappa shape index (κ3) is 4.79. The molecule has 3 rings (SSSR count). The van der Waals surface area contributed by atoms with Crippen LogP contribution in [0.5, 0.6) is 5.75 Å². The summed E-state index contributed by atoms with van der Waals surface area (Å²) in [5.74, 6) is 1.07. The summed E-state index contributed by atoms with van der Waals surface area (Å²) >= 11 is 3.36. The van der Waals surface area contributed by atoms with Crippen molar-refractivity contribution in [2.45, 2.75) is 24.9 Å². The maximum Gasteiger partial charge on any atom is 0.417 e. The van der Waals surface area contributed by atoms with Gasteiger partial charge in [0.1, 0.15) is 5.75 Å². The van der Waals surface area contributed by atoms with Gasteiger partial charge in [-0.05, 0) is 48.7 Å². The Morgan fingerprint density at radius 3 is 2.57 bits per heavy atom. The second-order valence-electron chi connectivity index (χ2n) is 6.73. The van der Waals surface area contributed by atoms with E-state index in [0.29, 0.717) is 25.4 Å². The highest BCUT2D eigenvalue weighted by atomic mass is 79.9. The van der Waals surface area contributed by atoms with Gasteiger partial charge >= 0.3 is 6.18 Å². The van der Waals surface area contributed by atoms with E-state index in [0.717, 1.165) is 35.6 Å². The second kappa shape index (κ2) is 8.87. The number of rotatable bonds is 6. The molecular weight excluding hydrogens is 433 g/mol. The Bertz CT molecular complexity index is 846. The molecule has 1 saturated heterocycles. The number of anilines is 1. The fourth-order valence-electron chi connectivity index (χ4n) is 3.41. The molecule has 1 aliphatic heterocycles. The molecule has 1 fully saturated rings. The van der Waals surface area contributed by atoms with E-state index in [1.807, 2.05) is 29.2 Å². The normalized spacial score (nSPS) is 16.8. The average Bonchev–Trinajstić information content (AvgIpc) is 3.18. The van der Waals surface area contributed by atoms with Gasteiger partial charge in [-0.1, -0.05) is 28.1 Å². The summed E-state index contributed by atoms with van der Waals surface area (Å²) in [5.41, 5.74) is 0.437. The molecule has 1 aliphatic rings. The summed E-state index contributed by atoms with van der Waals surface area (Å²) in [5, 5.41) is 9.84. The summed E-state index contributed by atoms with van der Waals surface area (Å²) in [7, 11) is 0. The molecule has 2 aromatic rings. The van der Waals surface area contributed by atoms with E-state index in [-0.39, 0.29) is 11.5 Å². The van der Waals surface area contributed by atoms with Crippen LogP contribution in [0.3, 0.4) is 0 Å². The number of nitrogens with zero attached hydrogens (tertiary/aromatic N) is 2. The molecule has 148 valence electrons. The molecule has 0 aliphatic carbocycles. The highest BCUT2D eigenvalue weighted by Crippen LogP contribution is 2.37. The van der Waals surface area contributed by atoms with Gasteiger partial charge in [0.05, 0.1) is 23.8 Å². The van der Waals surface area contributed by atoms with Crippen molar-refractivity contribution in [3.8, 4) is 11.8 Å². The van der Waals surface area contributed by atoms with Crippen molar-refractivity contribution < 1.29 is 17.9 Å². The van der Waals surface area contributed by atoms with Gasteiger partial charge in [0.25, 0.3) is 0 Å². The average molecular weight is 453 g/mol. The van der Waals surface area contributed by atoms with Crippen molar-refractivity contribution in [1.82, 2.24) is 0 Å². The maximum absolute atomic E-state index is 13.2. The van der Waals surface area contributed by atoms with Crippen LogP contribution in [0, 0.1) is 11.3 Å². The predicted octanol–water partition coefficient (Wildman–Crippen LogP) is 5.73. The zero-order chi connectivity index (χ0) is 20.1. The van der Waals surface area contributed by atoms with Crippen LogP contribution in [0.1, 0.15) is 35.4 Å². The first-order valence-corrected chi connectivity index (χ1v) is 10.2. The zero-order valence-electron chi connectivity index (χ0n) is 15.2. The third-order valence-corrected chi connectivity index (χ3v) is 5.44. The maximum atomic E-state index is 13.2. The number of nitriles is 1. The Labute approximate surface area is 170 Å². The van der Waals surface area contributed by atoms with Crippen LogP contribution >= 0.6 is 15.9 Å². The minimum Gasteiger partial charge on any atom is -0.494 e. The molecule has 1 heterocycles. The van der Waals surface area contributed by atoms with Crippen LogP contribution in [0.4, 0.5) is 18.9 Å². The number of hydrogen-bond acceptors (Lipinski definition) is 3. The van der Waals surface area contributed by atoms with Crippen LogP contribution in [0.15, 0.2) is 42.5 Å². The minimum absolute atomic E-state index is 0.251. The fourth-order valence-corrected chi connectivity index (χ4v) is 3.64. The van der Waals surface area contributed by atoms with Crippen LogP contribution in [-0.4, -0.2) is 25.0 Å². The topological polar surface area (TPSA) is 36.3 Å². The highest BCUT2D eigenvalue weighted by molar-refractivity contribution is 9.09. The van der Waals surface area contributed by atoms with Gasteiger partial charge in [0.15, 0.2) is 0 Å². The lowest BCUT2D eigenvalue weighted by molar-refractivity contribution is -0.137. The van der Waals surface area contributed by atoms with E-state index < -0.39 is 11.7 Å². The molecule has 0 N–H and O–H groups in total.